The van der Waals surface area contributed by atoms with Gasteiger partial charge in [0.15, 0.2) is 6.61 Å². The average Bonchev–Trinajstić information content (AvgIpc) is 3.03. The van der Waals surface area contributed by atoms with E-state index in [9.17, 15) is 9.18 Å². The Bertz CT molecular complexity index is 836. The Kier molecular flexibility index (Phi) is 4.29. The Hall–Kier alpha value is -2.80. The second-order valence-corrected chi connectivity index (χ2v) is 4.79. The summed E-state index contributed by atoms with van der Waals surface area (Å²) in [7, 11) is 0. The Labute approximate surface area is 134 Å². The van der Waals surface area contributed by atoms with Gasteiger partial charge in [-0.25, -0.2) is 14.2 Å². The molecule has 0 saturated carbocycles. The molecule has 1 aromatic carbocycles. The first-order valence-corrected chi connectivity index (χ1v) is 6.87. The van der Waals surface area contributed by atoms with Crippen LogP contribution in [0, 0.1) is 5.82 Å². The second-order valence-electron chi connectivity index (χ2n) is 4.44. The van der Waals surface area contributed by atoms with E-state index in [0.717, 1.165) is 0 Å². The molecule has 2 aromatic heterocycles. The smallest absolute Gasteiger partial charge is 0.341 e. The number of rotatable bonds is 4. The van der Waals surface area contributed by atoms with Crippen molar-refractivity contribution in [1.82, 2.24) is 15.1 Å². The van der Waals surface area contributed by atoms with Gasteiger partial charge in [0.25, 0.3) is 5.89 Å². The van der Waals surface area contributed by atoms with Crippen LogP contribution in [0.15, 0.2) is 47.1 Å². The molecule has 0 bridgehead atoms. The lowest BCUT2D eigenvalue weighted by atomic mass is 10.2. The molecule has 0 fully saturated rings. The molecule has 0 unspecified atom stereocenters. The summed E-state index contributed by atoms with van der Waals surface area (Å²) in [5, 5.41) is 3.80. The van der Waals surface area contributed by atoms with Gasteiger partial charge in [-0.15, -0.1) is 0 Å². The van der Waals surface area contributed by atoms with Crippen molar-refractivity contribution in [1.29, 1.82) is 0 Å². The van der Waals surface area contributed by atoms with Crippen molar-refractivity contribution in [3.63, 3.8) is 0 Å². The number of halogens is 2. The van der Waals surface area contributed by atoms with Crippen LogP contribution >= 0.6 is 11.6 Å². The van der Waals surface area contributed by atoms with E-state index in [4.69, 9.17) is 20.9 Å². The molecule has 0 radical (unpaired) electrons. The van der Waals surface area contributed by atoms with Gasteiger partial charge in [0.05, 0.1) is 5.56 Å². The molecule has 3 rings (SSSR count). The van der Waals surface area contributed by atoms with Crippen molar-refractivity contribution in [2.45, 2.75) is 6.61 Å². The fourth-order valence-corrected chi connectivity index (χ4v) is 1.97. The molecule has 116 valence electrons. The first-order valence-electron chi connectivity index (χ1n) is 6.49. The number of carbonyl (C=O) groups is 1. The highest BCUT2D eigenvalue weighted by molar-refractivity contribution is 6.32. The third-order valence-electron chi connectivity index (χ3n) is 2.88. The molecule has 8 heteroatoms. The van der Waals surface area contributed by atoms with Gasteiger partial charge in [-0.1, -0.05) is 16.8 Å². The molecule has 23 heavy (non-hydrogen) atoms. The van der Waals surface area contributed by atoms with E-state index in [0.29, 0.717) is 5.56 Å². The topological polar surface area (TPSA) is 78.1 Å². The van der Waals surface area contributed by atoms with Crippen molar-refractivity contribution in [3.05, 3.63) is 65.0 Å². The van der Waals surface area contributed by atoms with Crippen molar-refractivity contribution >= 4 is 17.6 Å². The predicted molar refractivity (Wildman–Crippen MR) is 78.1 cm³/mol. The maximum absolute atomic E-state index is 12.9. The number of carbonyl (C=O) groups excluding carboxylic acids is 1. The standard InChI is InChI=1S/C15H9ClFN3O3/c16-13-11(2-1-7-18-13)15(21)22-8-12-19-14(20-23-12)9-3-5-10(17)6-4-9/h1-7H,8H2. The third kappa shape index (κ3) is 3.51. The number of pyridine rings is 1. The number of hydrogen-bond donors (Lipinski definition) is 0. The molecule has 0 atom stereocenters. The quantitative estimate of drug-likeness (QED) is 0.538. The van der Waals surface area contributed by atoms with Gasteiger partial charge in [0, 0.05) is 11.8 Å². The van der Waals surface area contributed by atoms with E-state index < -0.39 is 5.97 Å². The SMILES string of the molecule is O=C(OCc1nc(-c2ccc(F)cc2)no1)c1cccnc1Cl. The highest BCUT2D eigenvalue weighted by Gasteiger charge is 2.15. The van der Waals surface area contributed by atoms with Crippen LogP contribution in [0.5, 0.6) is 0 Å². The summed E-state index contributed by atoms with van der Waals surface area (Å²) in [6, 6.07) is 8.68. The Balaban J connectivity index is 1.67. The summed E-state index contributed by atoms with van der Waals surface area (Å²) in [5.74, 6) is -0.627. The van der Waals surface area contributed by atoms with Crippen molar-refractivity contribution < 1.29 is 18.4 Å². The molecule has 6 nitrogen and oxygen atoms in total. The van der Waals surface area contributed by atoms with Crippen molar-refractivity contribution in [3.8, 4) is 11.4 Å². The minimum absolute atomic E-state index is 0.0510. The zero-order valence-corrected chi connectivity index (χ0v) is 12.3. The lowest BCUT2D eigenvalue weighted by molar-refractivity contribution is 0.0429. The monoisotopic (exact) mass is 333 g/mol. The molecule has 0 amide bonds. The number of ether oxygens (including phenoxy) is 1. The van der Waals surface area contributed by atoms with Crippen LogP contribution in [-0.4, -0.2) is 21.1 Å². The third-order valence-corrected chi connectivity index (χ3v) is 3.18. The maximum atomic E-state index is 12.9. The van der Waals surface area contributed by atoms with Gasteiger partial charge in [0.2, 0.25) is 5.82 Å². The van der Waals surface area contributed by atoms with E-state index in [1.54, 1.807) is 6.07 Å². The number of esters is 1. The highest BCUT2D eigenvalue weighted by Crippen LogP contribution is 2.17. The fourth-order valence-electron chi connectivity index (χ4n) is 1.77. The average molecular weight is 334 g/mol. The van der Waals surface area contributed by atoms with Crippen LogP contribution in [0.2, 0.25) is 5.15 Å². The molecule has 0 aliphatic heterocycles. The lowest BCUT2D eigenvalue weighted by Crippen LogP contribution is -2.06. The highest BCUT2D eigenvalue weighted by atomic mass is 35.5. The molecular formula is C15H9ClFN3O3. The summed E-state index contributed by atoms with van der Waals surface area (Å²) >= 11 is 5.80. The van der Waals surface area contributed by atoms with Gasteiger partial charge in [-0.3, -0.25) is 0 Å². The van der Waals surface area contributed by atoms with Gasteiger partial charge in [0.1, 0.15) is 11.0 Å². The van der Waals surface area contributed by atoms with Gasteiger partial charge >= 0.3 is 5.97 Å². The molecule has 0 aliphatic carbocycles. The second kappa shape index (κ2) is 6.53. The normalized spacial score (nSPS) is 10.5. The van der Waals surface area contributed by atoms with Crippen LogP contribution in [0.4, 0.5) is 4.39 Å². The molecule has 0 N–H and O–H groups in total. The number of aromatic nitrogens is 3. The minimum atomic E-state index is -0.648. The zero-order valence-electron chi connectivity index (χ0n) is 11.6. The van der Waals surface area contributed by atoms with Crippen molar-refractivity contribution in [2.24, 2.45) is 0 Å². The number of benzene rings is 1. The van der Waals surface area contributed by atoms with E-state index in [-0.39, 0.29) is 34.9 Å². The maximum Gasteiger partial charge on any atom is 0.341 e. The molecule has 3 aromatic rings. The summed E-state index contributed by atoms with van der Waals surface area (Å²) in [5.41, 5.74) is 0.732. The molecule has 0 aliphatic rings. The van der Waals surface area contributed by atoms with E-state index >= 15 is 0 Å². The minimum Gasteiger partial charge on any atom is -0.452 e. The van der Waals surface area contributed by atoms with Crippen LogP contribution in [0.25, 0.3) is 11.4 Å². The van der Waals surface area contributed by atoms with Crippen LogP contribution in [0.1, 0.15) is 16.2 Å². The molecule has 2 heterocycles. The van der Waals surface area contributed by atoms with Gasteiger partial charge in [-0.2, -0.15) is 4.98 Å². The number of nitrogens with zero attached hydrogens (tertiary/aromatic N) is 3. The van der Waals surface area contributed by atoms with Crippen LogP contribution < -0.4 is 0 Å². The van der Waals surface area contributed by atoms with E-state index in [2.05, 4.69) is 15.1 Å². The largest absolute Gasteiger partial charge is 0.452 e. The fraction of sp³-hybridized carbons (Fsp3) is 0.0667. The van der Waals surface area contributed by atoms with Gasteiger partial charge < -0.3 is 9.26 Å². The summed E-state index contributed by atoms with van der Waals surface area (Å²) in [6.45, 7) is -0.210. The Morgan fingerprint density at radius 2 is 2.04 bits per heavy atom. The summed E-state index contributed by atoms with van der Waals surface area (Å²) in [6.07, 6.45) is 1.46. The first kappa shape index (κ1) is 15.1. The molecular weight excluding hydrogens is 325 g/mol. The predicted octanol–water partition coefficient (Wildman–Crippen LogP) is 3.28. The molecule has 0 spiro atoms. The molecule has 0 saturated heterocycles. The van der Waals surface area contributed by atoms with Crippen LogP contribution in [0.3, 0.4) is 0 Å². The lowest BCUT2D eigenvalue weighted by Gasteiger charge is -2.02. The van der Waals surface area contributed by atoms with Crippen LogP contribution in [-0.2, 0) is 11.3 Å². The Morgan fingerprint density at radius 3 is 2.78 bits per heavy atom. The van der Waals surface area contributed by atoms with Gasteiger partial charge in [-0.05, 0) is 36.4 Å². The number of hydrogen-bond acceptors (Lipinski definition) is 6. The summed E-state index contributed by atoms with van der Waals surface area (Å²) in [4.78, 5) is 19.7. The summed E-state index contributed by atoms with van der Waals surface area (Å²) < 4.78 is 22.9. The zero-order chi connectivity index (χ0) is 16.2. The first-order chi connectivity index (χ1) is 11.1. The Morgan fingerprint density at radius 1 is 1.26 bits per heavy atom. The van der Waals surface area contributed by atoms with E-state index in [1.807, 2.05) is 0 Å². The van der Waals surface area contributed by atoms with Crippen molar-refractivity contribution in [2.75, 3.05) is 0 Å². The van der Waals surface area contributed by atoms with E-state index in [1.165, 1.54) is 36.5 Å².